The molecule has 0 radical (unpaired) electrons. The molecule has 1 unspecified atom stereocenters. The van der Waals surface area contributed by atoms with Gasteiger partial charge < -0.3 is 0 Å². The van der Waals surface area contributed by atoms with Gasteiger partial charge in [0.2, 0.25) is 0 Å². The van der Waals surface area contributed by atoms with Gasteiger partial charge in [0, 0.05) is 10.0 Å². The van der Waals surface area contributed by atoms with E-state index in [2.05, 4.69) is 43.5 Å². The van der Waals surface area contributed by atoms with Crippen molar-refractivity contribution >= 4 is 23.2 Å². The second-order valence-electron chi connectivity index (χ2n) is 5.12. The van der Waals surface area contributed by atoms with E-state index < -0.39 is 0 Å². The van der Waals surface area contributed by atoms with Crippen molar-refractivity contribution in [2.45, 2.75) is 25.8 Å². The van der Waals surface area contributed by atoms with Gasteiger partial charge in [0.1, 0.15) is 0 Å². The van der Waals surface area contributed by atoms with E-state index in [9.17, 15) is 0 Å². The molecule has 0 amide bonds. The molecule has 3 N–H and O–H groups in total. The lowest BCUT2D eigenvalue weighted by atomic mass is 9.95. The van der Waals surface area contributed by atoms with Gasteiger partial charge in [-0.25, -0.2) is 5.43 Å². The maximum absolute atomic E-state index is 6.05. The molecule has 0 saturated carbocycles. The summed E-state index contributed by atoms with van der Waals surface area (Å²) < 4.78 is 0. The maximum atomic E-state index is 6.05. The summed E-state index contributed by atoms with van der Waals surface area (Å²) in [7, 11) is 0. The first-order valence-corrected chi connectivity index (χ1v) is 7.29. The van der Waals surface area contributed by atoms with E-state index >= 15 is 0 Å². The van der Waals surface area contributed by atoms with Crippen molar-refractivity contribution in [3.8, 4) is 0 Å². The van der Waals surface area contributed by atoms with E-state index in [1.54, 1.807) is 6.07 Å². The van der Waals surface area contributed by atoms with Crippen LogP contribution in [0.1, 0.15) is 42.5 Å². The molecule has 0 fully saturated rings. The van der Waals surface area contributed by atoms with Gasteiger partial charge in [-0.2, -0.15) is 0 Å². The van der Waals surface area contributed by atoms with E-state index in [1.165, 1.54) is 5.56 Å². The Morgan fingerprint density at radius 3 is 1.80 bits per heavy atom. The lowest BCUT2D eigenvalue weighted by molar-refractivity contribution is 0.636. The predicted molar refractivity (Wildman–Crippen MR) is 86.2 cm³/mol. The monoisotopic (exact) mass is 308 g/mol. The van der Waals surface area contributed by atoms with Gasteiger partial charge in [-0.3, -0.25) is 5.84 Å². The van der Waals surface area contributed by atoms with E-state index in [1.807, 2.05) is 12.1 Å². The Kier molecular flexibility index (Phi) is 5.06. The van der Waals surface area contributed by atoms with Gasteiger partial charge >= 0.3 is 0 Å². The topological polar surface area (TPSA) is 38.0 Å². The number of halogens is 2. The third-order valence-corrected chi connectivity index (χ3v) is 3.76. The van der Waals surface area contributed by atoms with Crippen LogP contribution in [0.4, 0.5) is 0 Å². The van der Waals surface area contributed by atoms with Crippen molar-refractivity contribution < 1.29 is 0 Å². The van der Waals surface area contributed by atoms with E-state index in [0.29, 0.717) is 16.0 Å². The Bertz CT molecular complexity index is 559. The molecule has 0 aliphatic rings. The van der Waals surface area contributed by atoms with Crippen LogP contribution in [0.3, 0.4) is 0 Å². The Labute approximate surface area is 129 Å². The number of hydrogen-bond donors (Lipinski definition) is 2. The van der Waals surface area contributed by atoms with Gasteiger partial charge in [-0.05, 0) is 40.8 Å². The number of hydrazine groups is 1. The zero-order chi connectivity index (χ0) is 14.7. The standard InChI is InChI=1S/C16H18Cl2N2/c1-10(2)11-3-5-12(6-4-11)16(20-19)13-7-14(17)9-15(18)8-13/h3-10,16,20H,19H2,1-2H3. The zero-order valence-corrected chi connectivity index (χ0v) is 13.0. The number of nitrogens with one attached hydrogen (secondary N) is 1. The first kappa shape index (κ1) is 15.3. The number of hydrogen-bond acceptors (Lipinski definition) is 2. The number of benzene rings is 2. The molecule has 0 spiro atoms. The Hall–Kier alpha value is -1.06. The van der Waals surface area contributed by atoms with E-state index in [4.69, 9.17) is 29.0 Å². The molecular formula is C16H18Cl2N2. The van der Waals surface area contributed by atoms with Gasteiger partial charge in [-0.1, -0.05) is 61.3 Å². The highest BCUT2D eigenvalue weighted by atomic mass is 35.5. The largest absolute Gasteiger partial charge is 0.271 e. The van der Waals surface area contributed by atoms with Crippen molar-refractivity contribution in [3.63, 3.8) is 0 Å². The summed E-state index contributed by atoms with van der Waals surface area (Å²) in [6, 6.07) is 13.7. The normalized spacial score (nSPS) is 12.7. The van der Waals surface area contributed by atoms with Crippen molar-refractivity contribution in [3.05, 3.63) is 69.2 Å². The number of nitrogens with two attached hydrogens (primary N) is 1. The van der Waals surface area contributed by atoms with Crippen LogP contribution in [0, 0.1) is 0 Å². The predicted octanol–water partition coefficient (Wildman–Crippen LogP) is 4.67. The SMILES string of the molecule is CC(C)c1ccc(C(NN)c2cc(Cl)cc(Cl)c2)cc1. The molecule has 0 aromatic heterocycles. The van der Waals surface area contributed by atoms with Gasteiger partial charge in [0.25, 0.3) is 0 Å². The molecule has 0 saturated heterocycles. The van der Waals surface area contributed by atoms with E-state index in [-0.39, 0.29) is 6.04 Å². The minimum atomic E-state index is -0.132. The summed E-state index contributed by atoms with van der Waals surface area (Å²) in [5.74, 6) is 6.21. The fraction of sp³-hybridized carbons (Fsp3) is 0.250. The van der Waals surface area contributed by atoms with Crippen molar-refractivity contribution in [1.29, 1.82) is 0 Å². The van der Waals surface area contributed by atoms with Crippen LogP contribution in [0.15, 0.2) is 42.5 Å². The van der Waals surface area contributed by atoms with Crippen molar-refractivity contribution in [1.82, 2.24) is 5.43 Å². The Morgan fingerprint density at radius 2 is 1.35 bits per heavy atom. The average Bonchev–Trinajstić information content (AvgIpc) is 2.39. The third-order valence-electron chi connectivity index (χ3n) is 3.32. The molecule has 20 heavy (non-hydrogen) atoms. The molecule has 2 nitrogen and oxygen atoms in total. The lowest BCUT2D eigenvalue weighted by Gasteiger charge is -2.18. The van der Waals surface area contributed by atoms with Crippen LogP contribution < -0.4 is 11.3 Å². The zero-order valence-electron chi connectivity index (χ0n) is 11.5. The molecule has 2 aromatic rings. The van der Waals surface area contributed by atoms with E-state index in [0.717, 1.165) is 11.1 Å². The molecule has 0 aliphatic heterocycles. The van der Waals surface area contributed by atoms with Crippen LogP contribution >= 0.6 is 23.2 Å². The van der Waals surface area contributed by atoms with Gasteiger partial charge in [0.15, 0.2) is 0 Å². The molecular weight excluding hydrogens is 291 g/mol. The number of rotatable bonds is 4. The first-order valence-electron chi connectivity index (χ1n) is 6.53. The molecule has 2 aromatic carbocycles. The smallest absolute Gasteiger partial charge is 0.0711 e. The second-order valence-corrected chi connectivity index (χ2v) is 6.00. The minimum absolute atomic E-state index is 0.132. The fourth-order valence-electron chi connectivity index (χ4n) is 2.20. The highest BCUT2D eigenvalue weighted by molar-refractivity contribution is 6.34. The summed E-state index contributed by atoms with van der Waals surface area (Å²) in [6.07, 6.45) is 0. The highest BCUT2D eigenvalue weighted by Gasteiger charge is 2.14. The summed E-state index contributed by atoms with van der Waals surface area (Å²) in [5.41, 5.74) is 6.15. The molecule has 106 valence electrons. The van der Waals surface area contributed by atoms with Crippen molar-refractivity contribution in [2.24, 2.45) is 5.84 Å². The summed E-state index contributed by atoms with van der Waals surface area (Å²) >= 11 is 12.1. The molecule has 4 heteroatoms. The molecule has 0 bridgehead atoms. The average molecular weight is 309 g/mol. The highest BCUT2D eigenvalue weighted by Crippen LogP contribution is 2.28. The fourth-order valence-corrected chi connectivity index (χ4v) is 2.74. The van der Waals surface area contributed by atoms with Gasteiger partial charge in [-0.15, -0.1) is 0 Å². The summed E-state index contributed by atoms with van der Waals surface area (Å²) in [6.45, 7) is 4.34. The summed E-state index contributed by atoms with van der Waals surface area (Å²) in [4.78, 5) is 0. The second kappa shape index (κ2) is 6.59. The third kappa shape index (κ3) is 3.53. The van der Waals surface area contributed by atoms with Crippen LogP contribution in [-0.4, -0.2) is 0 Å². The van der Waals surface area contributed by atoms with Crippen LogP contribution in [0.25, 0.3) is 0 Å². The molecule has 0 heterocycles. The van der Waals surface area contributed by atoms with Crippen LogP contribution in [-0.2, 0) is 0 Å². The first-order chi connectivity index (χ1) is 9.51. The van der Waals surface area contributed by atoms with Crippen molar-refractivity contribution in [2.75, 3.05) is 0 Å². The Morgan fingerprint density at radius 1 is 0.850 bits per heavy atom. The maximum Gasteiger partial charge on any atom is 0.0711 e. The van der Waals surface area contributed by atoms with Gasteiger partial charge in [0.05, 0.1) is 6.04 Å². The lowest BCUT2D eigenvalue weighted by Crippen LogP contribution is -2.28. The quantitative estimate of drug-likeness (QED) is 0.636. The van der Waals surface area contributed by atoms with Crippen LogP contribution in [0.5, 0.6) is 0 Å². The Balaban J connectivity index is 2.36. The molecule has 1 atom stereocenters. The summed E-state index contributed by atoms with van der Waals surface area (Å²) in [5, 5.41) is 1.21. The minimum Gasteiger partial charge on any atom is -0.271 e. The molecule has 0 aliphatic carbocycles. The van der Waals surface area contributed by atoms with Crippen LogP contribution in [0.2, 0.25) is 10.0 Å². The molecule has 2 rings (SSSR count).